The molecule has 0 saturated carbocycles. The van der Waals surface area contributed by atoms with Gasteiger partial charge in [0.05, 0.1) is 11.8 Å². The van der Waals surface area contributed by atoms with Gasteiger partial charge in [-0.25, -0.2) is 17.6 Å². The van der Waals surface area contributed by atoms with Crippen molar-refractivity contribution in [3.8, 4) is 11.4 Å². The van der Waals surface area contributed by atoms with Gasteiger partial charge in [-0.3, -0.25) is 4.72 Å². The zero-order chi connectivity index (χ0) is 19.4. The Hall–Kier alpha value is -3.27. The van der Waals surface area contributed by atoms with Crippen molar-refractivity contribution >= 4 is 21.7 Å². The number of halogens is 1. The van der Waals surface area contributed by atoms with E-state index in [2.05, 4.69) is 14.9 Å². The third-order valence-corrected chi connectivity index (χ3v) is 3.91. The van der Waals surface area contributed by atoms with Crippen LogP contribution in [0, 0.1) is 5.82 Å². The molecule has 27 heavy (non-hydrogen) atoms. The highest BCUT2D eigenvalue weighted by Crippen LogP contribution is 2.17. The molecule has 3 aromatic rings. The standard InChI is InChI=1S/C17H14FN3O5S/c1-27(23,24)21-14-4-2-3-12(9-14)17(22)25-10-15-19-16(20-26-15)11-5-7-13(18)8-6-11/h2-9,21H,10H2,1H3. The Labute approximate surface area is 154 Å². The molecule has 10 heteroatoms. The number of hydrogen-bond acceptors (Lipinski definition) is 7. The van der Waals surface area contributed by atoms with Crippen molar-refractivity contribution in [2.45, 2.75) is 6.61 Å². The fourth-order valence-electron chi connectivity index (χ4n) is 2.16. The summed E-state index contributed by atoms with van der Waals surface area (Å²) in [5, 5.41) is 3.74. The Kier molecular flexibility index (Phi) is 5.17. The lowest BCUT2D eigenvalue weighted by Gasteiger charge is -2.06. The Morgan fingerprint density at radius 3 is 2.67 bits per heavy atom. The van der Waals surface area contributed by atoms with E-state index in [0.717, 1.165) is 6.26 Å². The summed E-state index contributed by atoms with van der Waals surface area (Å²) in [4.78, 5) is 16.2. The largest absolute Gasteiger partial charge is 0.452 e. The molecule has 0 amide bonds. The molecule has 0 unspecified atom stereocenters. The maximum Gasteiger partial charge on any atom is 0.338 e. The molecule has 0 saturated heterocycles. The van der Waals surface area contributed by atoms with Crippen LogP contribution in [0.1, 0.15) is 16.2 Å². The molecule has 0 radical (unpaired) electrons. The quantitative estimate of drug-likeness (QED) is 0.643. The zero-order valence-corrected chi connectivity index (χ0v) is 14.9. The van der Waals surface area contributed by atoms with Gasteiger partial charge in [-0.1, -0.05) is 11.2 Å². The highest BCUT2D eigenvalue weighted by molar-refractivity contribution is 7.92. The summed E-state index contributed by atoms with van der Waals surface area (Å²) >= 11 is 0. The van der Waals surface area contributed by atoms with Crippen molar-refractivity contribution in [3.63, 3.8) is 0 Å². The summed E-state index contributed by atoms with van der Waals surface area (Å²) in [6.07, 6.45) is 1.01. The van der Waals surface area contributed by atoms with Crippen LogP contribution in [0.15, 0.2) is 53.1 Å². The fraction of sp³-hybridized carbons (Fsp3) is 0.118. The van der Waals surface area contributed by atoms with Crippen LogP contribution < -0.4 is 4.72 Å². The number of hydrogen-bond donors (Lipinski definition) is 1. The Balaban J connectivity index is 1.64. The Bertz CT molecular complexity index is 1060. The van der Waals surface area contributed by atoms with Gasteiger partial charge in [0.2, 0.25) is 15.8 Å². The van der Waals surface area contributed by atoms with Crippen LogP contribution in [0.2, 0.25) is 0 Å². The minimum Gasteiger partial charge on any atom is -0.452 e. The number of ether oxygens (including phenoxy) is 1. The van der Waals surface area contributed by atoms with Gasteiger partial charge in [0.1, 0.15) is 5.82 Å². The minimum absolute atomic E-state index is 0.0630. The van der Waals surface area contributed by atoms with E-state index < -0.39 is 16.0 Å². The van der Waals surface area contributed by atoms with Gasteiger partial charge in [0.15, 0.2) is 6.61 Å². The van der Waals surface area contributed by atoms with Crippen LogP contribution in [0.25, 0.3) is 11.4 Å². The second kappa shape index (κ2) is 7.54. The summed E-state index contributed by atoms with van der Waals surface area (Å²) in [6, 6.07) is 11.4. The number of carbonyl (C=O) groups is 1. The number of sulfonamides is 1. The molecular weight excluding hydrogens is 377 g/mol. The number of anilines is 1. The van der Waals surface area contributed by atoms with Crippen molar-refractivity contribution < 1.29 is 26.9 Å². The topological polar surface area (TPSA) is 111 Å². The van der Waals surface area contributed by atoms with Gasteiger partial charge >= 0.3 is 5.97 Å². The number of carbonyl (C=O) groups excluding carboxylic acids is 1. The number of aromatic nitrogens is 2. The lowest BCUT2D eigenvalue weighted by Crippen LogP contribution is -2.11. The highest BCUT2D eigenvalue weighted by atomic mass is 32.2. The number of nitrogens with zero attached hydrogens (tertiary/aromatic N) is 2. The lowest BCUT2D eigenvalue weighted by molar-refractivity contribution is 0.0430. The predicted molar refractivity (Wildman–Crippen MR) is 93.7 cm³/mol. The monoisotopic (exact) mass is 391 g/mol. The summed E-state index contributed by atoms with van der Waals surface area (Å²) in [6.45, 7) is -0.267. The molecule has 0 atom stereocenters. The maximum absolute atomic E-state index is 12.9. The highest BCUT2D eigenvalue weighted by Gasteiger charge is 2.13. The number of rotatable bonds is 6. The van der Waals surface area contributed by atoms with Crippen LogP contribution >= 0.6 is 0 Å². The number of esters is 1. The van der Waals surface area contributed by atoms with Gasteiger partial charge in [-0.05, 0) is 42.5 Å². The fourth-order valence-corrected chi connectivity index (χ4v) is 2.72. The summed E-state index contributed by atoms with van der Waals surface area (Å²) in [7, 11) is -3.46. The number of benzene rings is 2. The van der Waals surface area contributed by atoms with Gasteiger partial charge < -0.3 is 9.26 Å². The van der Waals surface area contributed by atoms with Gasteiger partial charge in [-0.15, -0.1) is 0 Å². The van der Waals surface area contributed by atoms with Crippen molar-refractivity contribution in [1.82, 2.24) is 10.1 Å². The van der Waals surface area contributed by atoms with E-state index in [1.54, 1.807) is 0 Å². The van der Waals surface area contributed by atoms with Gasteiger partial charge in [0, 0.05) is 11.3 Å². The predicted octanol–water partition coefficient (Wildman–Crippen LogP) is 2.60. The van der Waals surface area contributed by atoms with Crippen LogP contribution in [-0.4, -0.2) is 30.8 Å². The molecule has 0 aliphatic rings. The molecule has 3 rings (SSSR count). The van der Waals surface area contributed by atoms with Crippen LogP contribution in [0.3, 0.4) is 0 Å². The molecule has 0 bridgehead atoms. The zero-order valence-electron chi connectivity index (χ0n) is 14.0. The van der Waals surface area contributed by atoms with Crippen molar-refractivity contribution in [2.75, 3.05) is 11.0 Å². The molecule has 0 aliphatic heterocycles. The molecule has 0 aliphatic carbocycles. The molecule has 2 aromatic carbocycles. The van der Waals surface area contributed by atoms with Crippen LogP contribution in [0.5, 0.6) is 0 Å². The number of nitrogens with one attached hydrogen (secondary N) is 1. The van der Waals surface area contributed by atoms with E-state index in [9.17, 15) is 17.6 Å². The first-order valence-electron chi connectivity index (χ1n) is 7.64. The molecule has 0 spiro atoms. The minimum atomic E-state index is -3.46. The normalized spacial score (nSPS) is 11.2. The van der Waals surface area contributed by atoms with Crippen molar-refractivity contribution in [2.24, 2.45) is 0 Å². The first kappa shape index (κ1) is 18.5. The van der Waals surface area contributed by atoms with E-state index in [1.807, 2.05) is 0 Å². The van der Waals surface area contributed by atoms with Crippen molar-refractivity contribution in [3.05, 3.63) is 65.8 Å². The van der Waals surface area contributed by atoms with E-state index in [0.29, 0.717) is 5.56 Å². The smallest absolute Gasteiger partial charge is 0.338 e. The Morgan fingerprint density at radius 2 is 1.96 bits per heavy atom. The Morgan fingerprint density at radius 1 is 1.22 bits per heavy atom. The SMILES string of the molecule is CS(=O)(=O)Nc1cccc(C(=O)OCc2nc(-c3ccc(F)cc3)no2)c1. The third kappa shape index (κ3) is 5.11. The molecule has 1 heterocycles. The molecule has 1 N–H and O–H groups in total. The third-order valence-electron chi connectivity index (χ3n) is 3.30. The molecule has 0 fully saturated rings. The maximum atomic E-state index is 12.9. The van der Waals surface area contributed by atoms with Crippen LogP contribution in [-0.2, 0) is 21.4 Å². The summed E-state index contributed by atoms with van der Waals surface area (Å²) in [5.41, 5.74) is 0.947. The molecule has 1 aromatic heterocycles. The average Bonchev–Trinajstić information content (AvgIpc) is 3.08. The van der Waals surface area contributed by atoms with E-state index >= 15 is 0 Å². The van der Waals surface area contributed by atoms with E-state index in [1.165, 1.54) is 48.5 Å². The van der Waals surface area contributed by atoms with E-state index in [4.69, 9.17) is 9.26 Å². The van der Waals surface area contributed by atoms with Gasteiger partial charge in [0.25, 0.3) is 5.89 Å². The molecule has 140 valence electrons. The van der Waals surface area contributed by atoms with Crippen molar-refractivity contribution in [1.29, 1.82) is 0 Å². The van der Waals surface area contributed by atoms with E-state index in [-0.39, 0.29) is 35.4 Å². The lowest BCUT2D eigenvalue weighted by atomic mass is 10.2. The molecule has 8 nitrogen and oxygen atoms in total. The van der Waals surface area contributed by atoms with Gasteiger partial charge in [-0.2, -0.15) is 4.98 Å². The first-order valence-corrected chi connectivity index (χ1v) is 9.53. The first-order chi connectivity index (χ1) is 12.8. The molecular formula is C17H14FN3O5S. The summed E-state index contributed by atoms with van der Waals surface area (Å²) < 4.78 is 47.8. The second-order valence-corrected chi connectivity index (χ2v) is 7.30. The average molecular weight is 391 g/mol. The summed E-state index contributed by atoms with van der Waals surface area (Å²) in [5.74, 6) is -0.772. The van der Waals surface area contributed by atoms with Crippen LogP contribution in [0.4, 0.5) is 10.1 Å². The second-order valence-electron chi connectivity index (χ2n) is 5.55.